The molecule has 1 atom stereocenters. The Morgan fingerprint density at radius 2 is 0.506 bits per heavy atom. The van der Waals surface area contributed by atoms with Crippen molar-refractivity contribution >= 4 is 17.9 Å². The zero-order chi connectivity index (χ0) is 55.7. The molecule has 1 unspecified atom stereocenters. The predicted molar refractivity (Wildman–Crippen MR) is 334 cm³/mol. The number of hydrogen-bond donors (Lipinski definition) is 0. The van der Waals surface area contributed by atoms with Crippen molar-refractivity contribution in [2.75, 3.05) is 13.2 Å². The van der Waals surface area contributed by atoms with Gasteiger partial charge in [-0.05, 0) is 128 Å². The number of rotatable bonds is 57. The standard InChI is InChI=1S/C71H118O6/c1-4-7-10-13-16-19-22-25-28-31-32-33-34-35-36-37-38-41-43-46-49-52-55-58-61-64-70(73)76-67-68(77-71(74)65-62-59-56-53-50-47-44-40-30-27-24-21-18-15-12-9-6-3)66-75-69(72)63-60-57-54-51-48-45-42-39-29-26-23-20-17-14-11-8-5-2/h8-9,11-12,17-18,20-22,25-27,29-32,42,44-45,47,68H,4-7,10,13-16,19,23-24,28,33-41,43,46,48-67H2,1-3H3/b11-8-,12-9-,20-17-,21-18-,25-22-,29-26-,30-27-,32-31-,45-42-,47-44-. The van der Waals surface area contributed by atoms with Gasteiger partial charge in [0.05, 0.1) is 0 Å². The first-order valence-electron chi connectivity index (χ1n) is 32.0. The Labute approximate surface area is 475 Å². The Morgan fingerprint density at radius 3 is 0.792 bits per heavy atom. The third-order valence-corrected chi connectivity index (χ3v) is 13.4. The van der Waals surface area contributed by atoms with Gasteiger partial charge in [0.15, 0.2) is 6.10 Å². The number of ether oxygens (including phenoxy) is 3. The zero-order valence-corrected chi connectivity index (χ0v) is 50.2. The summed E-state index contributed by atoms with van der Waals surface area (Å²) in [6.07, 6.45) is 89.2. The van der Waals surface area contributed by atoms with E-state index in [0.29, 0.717) is 19.3 Å². The third-order valence-electron chi connectivity index (χ3n) is 13.4. The highest BCUT2D eigenvalue weighted by Gasteiger charge is 2.19. The van der Waals surface area contributed by atoms with Crippen LogP contribution in [0.4, 0.5) is 0 Å². The molecule has 0 aliphatic rings. The Morgan fingerprint density at radius 1 is 0.273 bits per heavy atom. The number of carbonyl (C=O) groups is 3. The molecule has 0 aromatic rings. The van der Waals surface area contributed by atoms with Crippen LogP contribution in [-0.2, 0) is 28.6 Å². The Kier molecular flexibility index (Phi) is 60.8. The molecule has 0 radical (unpaired) electrons. The van der Waals surface area contributed by atoms with Crippen molar-refractivity contribution in [1.82, 2.24) is 0 Å². The quantitative estimate of drug-likeness (QED) is 0.0261. The molecule has 77 heavy (non-hydrogen) atoms. The van der Waals surface area contributed by atoms with E-state index < -0.39 is 6.10 Å². The summed E-state index contributed by atoms with van der Waals surface area (Å²) in [5.41, 5.74) is 0. The third kappa shape index (κ3) is 62.5. The van der Waals surface area contributed by atoms with Crippen LogP contribution < -0.4 is 0 Å². The van der Waals surface area contributed by atoms with Gasteiger partial charge >= 0.3 is 17.9 Å². The average molecular weight is 1070 g/mol. The maximum absolute atomic E-state index is 12.9. The Bertz CT molecular complexity index is 1600. The van der Waals surface area contributed by atoms with Gasteiger partial charge in [-0.25, -0.2) is 0 Å². The predicted octanol–water partition coefficient (Wildman–Crippen LogP) is 22.0. The highest BCUT2D eigenvalue weighted by molar-refractivity contribution is 5.71. The van der Waals surface area contributed by atoms with Gasteiger partial charge in [-0.2, -0.15) is 0 Å². The largest absolute Gasteiger partial charge is 0.462 e. The highest BCUT2D eigenvalue weighted by Crippen LogP contribution is 2.16. The molecule has 0 saturated heterocycles. The summed E-state index contributed by atoms with van der Waals surface area (Å²) in [7, 11) is 0. The molecule has 0 fully saturated rings. The molecule has 0 N–H and O–H groups in total. The molecule has 0 spiro atoms. The van der Waals surface area contributed by atoms with Gasteiger partial charge in [0.2, 0.25) is 0 Å². The molecule has 0 saturated carbocycles. The maximum Gasteiger partial charge on any atom is 0.306 e. The van der Waals surface area contributed by atoms with Gasteiger partial charge in [0, 0.05) is 19.3 Å². The van der Waals surface area contributed by atoms with Crippen LogP contribution in [0.3, 0.4) is 0 Å². The van der Waals surface area contributed by atoms with Crippen LogP contribution in [-0.4, -0.2) is 37.2 Å². The summed E-state index contributed by atoms with van der Waals surface area (Å²) < 4.78 is 16.9. The SMILES string of the molecule is CC/C=C\C/C=C\C/C=C\C/C=C\CCCCCCC(=O)OCC(COC(=O)CCCCCCCCCCCCCCC/C=C\C/C=C\CCCCCCC)OC(=O)CCCCCC/C=C\C/C=C\C/C=C\C/C=C\CC. The van der Waals surface area contributed by atoms with Crippen LogP contribution in [0, 0.1) is 0 Å². The van der Waals surface area contributed by atoms with Gasteiger partial charge in [0.1, 0.15) is 13.2 Å². The summed E-state index contributed by atoms with van der Waals surface area (Å²) in [5.74, 6) is -0.943. The monoisotopic (exact) mass is 1070 g/mol. The minimum absolute atomic E-state index is 0.0984. The van der Waals surface area contributed by atoms with Crippen LogP contribution in [0.5, 0.6) is 0 Å². The van der Waals surface area contributed by atoms with Crippen LogP contribution in [0.15, 0.2) is 122 Å². The summed E-state index contributed by atoms with van der Waals surface area (Å²) in [6, 6.07) is 0. The molecule has 438 valence electrons. The molecule has 0 bridgehead atoms. The van der Waals surface area contributed by atoms with E-state index in [9.17, 15) is 14.4 Å². The van der Waals surface area contributed by atoms with Crippen molar-refractivity contribution < 1.29 is 28.6 Å². The average Bonchev–Trinajstić information content (AvgIpc) is 3.43. The summed E-state index contributed by atoms with van der Waals surface area (Å²) in [5, 5.41) is 0. The van der Waals surface area contributed by atoms with Crippen molar-refractivity contribution in [2.45, 2.75) is 297 Å². The minimum atomic E-state index is -0.806. The molecule has 0 aromatic carbocycles. The van der Waals surface area contributed by atoms with Gasteiger partial charge < -0.3 is 14.2 Å². The van der Waals surface area contributed by atoms with Crippen molar-refractivity contribution in [3.63, 3.8) is 0 Å². The second-order valence-electron chi connectivity index (χ2n) is 20.9. The number of esters is 3. The topological polar surface area (TPSA) is 78.9 Å². The Balaban J connectivity index is 4.40. The fraction of sp³-hybridized carbons (Fsp3) is 0.676. The fourth-order valence-electron chi connectivity index (χ4n) is 8.69. The molecule has 6 nitrogen and oxygen atoms in total. The van der Waals surface area contributed by atoms with E-state index in [0.717, 1.165) is 141 Å². The van der Waals surface area contributed by atoms with E-state index in [2.05, 4.69) is 142 Å². The minimum Gasteiger partial charge on any atom is -0.462 e. The molecular formula is C71H118O6. The lowest BCUT2D eigenvalue weighted by Crippen LogP contribution is -2.30. The van der Waals surface area contributed by atoms with Crippen LogP contribution in [0.25, 0.3) is 0 Å². The van der Waals surface area contributed by atoms with E-state index >= 15 is 0 Å². The van der Waals surface area contributed by atoms with Crippen molar-refractivity contribution in [3.05, 3.63) is 122 Å². The van der Waals surface area contributed by atoms with Crippen LogP contribution >= 0.6 is 0 Å². The Hall–Kier alpha value is -4.19. The summed E-state index contributed by atoms with van der Waals surface area (Å²) >= 11 is 0. The van der Waals surface area contributed by atoms with Crippen molar-refractivity contribution in [2.24, 2.45) is 0 Å². The number of allylic oxidation sites excluding steroid dienone is 20. The normalized spacial score (nSPS) is 12.9. The lowest BCUT2D eigenvalue weighted by molar-refractivity contribution is -0.167. The van der Waals surface area contributed by atoms with Gasteiger partial charge in [-0.1, -0.05) is 264 Å². The first-order chi connectivity index (χ1) is 38.0. The van der Waals surface area contributed by atoms with Crippen molar-refractivity contribution in [1.29, 1.82) is 0 Å². The zero-order valence-electron chi connectivity index (χ0n) is 50.2. The lowest BCUT2D eigenvalue weighted by Gasteiger charge is -2.18. The summed E-state index contributed by atoms with van der Waals surface area (Å²) in [6.45, 7) is 6.38. The molecule has 0 aliphatic carbocycles. The lowest BCUT2D eigenvalue weighted by atomic mass is 10.0. The highest BCUT2D eigenvalue weighted by atomic mass is 16.6. The van der Waals surface area contributed by atoms with E-state index in [4.69, 9.17) is 14.2 Å². The van der Waals surface area contributed by atoms with Crippen molar-refractivity contribution in [3.8, 4) is 0 Å². The second-order valence-corrected chi connectivity index (χ2v) is 20.9. The summed E-state index contributed by atoms with van der Waals surface area (Å²) in [4.78, 5) is 38.3. The molecule has 0 aliphatic heterocycles. The molecule has 0 amide bonds. The van der Waals surface area contributed by atoms with Gasteiger partial charge in [-0.3, -0.25) is 14.4 Å². The molecule has 0 aromatic heterocycles. The van der Waals surface area contributed by atoms with E-state index in [1.807, 2.05) is 0 Å². The molecule has 0 rings (SSSR count). The molecule has 0 heterocycles. The van der Waals surface area contributed by atoms with E-state index in [1.165, 1.54) is 109 Å². The van der Waals surface area contributed by atoms with E-state index in [-0.39, 0.29) is 31.1 Å². The van der Waals surface area contributed by atoms with E-state index in [1.54, 1.807) is 0 Å². The van der Waals surface area contributed by atoms with Gasteiger partial charge in [-0.15, -0.1) is 0 Å². The first kappa shape index (κ1) is 72.8. The maximum atomic E-state index is 12.9. The molecular weight excluding hydrogens is 949 g/mol. The van der Waals surface area contributed by atoms with Gasteiger partial charge in [0.25, 0.3) is 0 Å². The number of unbranched alkanes of at least 4 members (excludes halogenated alkanes) is 26. The first-order valence-corrected chi connectivity index (χ1v) is 32.0. The second kappa shape index (κ2) is 64.3. The van der Waals surface area contributed by atoms with Crippen LogP contribution in [0.2, 0.25) is 0 Å². The smallest absolute Gasteiger partial charge is 0.306 e. The fourth-order valence-corrected chi connectivity index (χ4v) is 8.69. The van der Waals surface area contributed by atoms with Crippen LogP contribution in [0.1, 0.15) is 290 Å². The molecule has 6 heteroatoms. The number of carbonyl (C=O) groups excluding carboxylic acids is 3. The number of hydrogen-bond acceptors (Lipinski definition) is 6.